The number of halogens is 1. The average Bonchev–Trinajstić information content (AvgIpc) is 2.39. The fourth-order valence-electron chi connectivity index (χ4n) is 1.58. The highest BCUT2D eigenvalue weighted by molar-refractivity contribution is 6.30. The van der Waals surface area contributed by atoms with Gasteiger partial charge in [0.15, 0.2) is 11.5 Å². The smallest absolute Gasteiger partial charge is 0.166 e. The van der Waals surface area contributed by atoms with E-state index >= 15 is 0 Å². The van der Waals surface area contributed by atoms with Crippen molar-refractivity contribution in [3.05, 3.63) is 22.7 Å². The summed E-state index contributed by atoms with van der Waals surface area (Å²) in [6.45, 7) is 1.13. The molecule has 0 heterocycles. The lowest BCUT2D eigenvalue weighted by molar-refractivity contribution is 0.182. The average molecular weight is 275 g/mol. The molecule has 0 fully saturated rings. The lowest BCUT2D eigenvalue weighted by atomic mass is 10.2. The lowest BCUT2D eigenvalue weighted by Crippen LogP contribution is -2.04. The van der Waals surface area contributed by atoms with Gasteiger partial charge in [0.25, 0.3) is 0 Å². The Bertz CT molecular complexity index is 343. The third-order valence-electron chi connectivity index (χ3n) is 2.48. The summed E-state index contributed by atoms with van der Waals surface area (Å²) in [7, 11) is 3.22. The van der Waals surface area contributed by atoms with Crippen LogP contribution in [0.2, 0.25) is 5.02 Å². The number of methoxy groups -OCH3 is 2. The molecule has 0 atom stereocenters. The third-order valence-corrected chi connectivity index (χ3v) is 2.69. The molecule has 0 radical (unpaired) electrons. The molecule has 0 aliphatic heterocycles. The third kappa shape index (κ3) is 4.37. The van der Waals surface area contributed by atoms with Gasteiger partial charge >= 0.3 is 0 Å². The largest absolute Gasteiger partial charge is 0.493 e. The van der Waals surface area contributed by atoms with Crippen molar-refractivity contribution in [2.45, 2.75) is 19.4 Å². The number of aliphatic hydroxyl groups is 1. The molecule has 4 nitrogen and oxygen atoms in total. The van der Waals surface area contributed by atoms with E-state index in [1.54, 1.807) is 26.4 Å². The molecule has 0 unspecified atom stereocenters. The van der Waals surface area contributed by atoms with Gasteiger partial charge in [-0.15, -0.1) is 0 Å². The van der Waals surface area contributed by atoms with Crippen LogP contribution in [0.3, 0.4) is 0 Å². The van der Waals surface area contributed by atoms with Crippen molar-refractivity contribution in [3.63, 3.8) is 0 Å². The monoisotopic (exact) mass is 274 g/mol. The summed E-state index contributed by atoms with van der Waals surface area (Å²) in [6.07, 6.45) is 1.81. The molecule has 0 aliphatic carbocycles. The van der Waals surface area contributed by atoms with Crippen molar-refractivity contribution in [1.82, 2.24) is 0 Å². The molecule has 0 aliphatic rings. The maximum Gasteiger partial charge on any atom is 0.166 e. The van der Waals surface area contributed by atoms with Crippen LogP contribution in [0.4, 0.5) is 0 Å². The van der Waals surface area contributed by atoms with Gasteiger partial charge in [0.1, 0.15) is 0 Å². The number of benzene rings is 1. The van der Waals surface area contributed by atoms with Gasteiger partial charge in [0.05, 0.1) is 20.3 Å². The Labute approximate surface area is 112 Å². The summed E-state index contributed by atoms with van der Waals surface area (Å²) >= 11 is 5.92. The lowest BCUT2D eigenvalue weighted by Gasteiger charge is -2.14. The molecule has 0 amide bonds. The molecule has 0 saturated heterocycles. The van der Waals surface area contributed by atoms with Crippen LogP contribution in [0.5, 0.6) is 11.5 Å². The summed E-state index contributed by atoms with van der Waals surface area (Å²) in [5.74, 6) is 1.10. The number of rotatable bonds is 8. The van der Waals surface area contributed by atoms with Gasteiger partial charge in [0, 0.05) is 30.4 Å². The van der Waals surface area contributed by atoms with Crippen molar-refractivity contribution in [2.24, 2.45) is 0 Å². The second kappa shape index (κ2) is 8.19. The highest BCUT2D eigenvalue weighted by Crippen LogP contribution is 2.34. The molecule has 1 N–H and O–H groups in total. The van der Waals surface area contributed by atoms with Crippen LogP contribution in [0, 0.1) is 0 Å². The molecular formula is C13H19ClO4. The van der Waals surface area contributed by atoms with E-state index in [4.69, 9.17) is 25.8 Å². The zero-order chi connectivity index (χ0) is 13.4. The van der Waals surface area contributed by atoms with Gasteiger partial charge in [-0.05, 0) is 18.9 Å². The van der Waals surface area contributed by atoms with Crippen LogP contribution < -0.4 is 9.47 Å². The Morgan fingerprint density at radius 2 is 1.89 bits per heavy atom. The summed E-state index contributed by atoms with van der Waals surface area (Å²) in [5.41, 5.74) is 0.631. The first-order valence-electron chi connectivity index (χ1n) is 5.82. The molecule has 0 bridgehead atoms. The standard InChI is InChI=1S/C13H19ClO4/c1-16-5-3-4-6-18-13-10(9-15)7-11(14)8-12(13)17-2/h7-8,15H,3-6,9H2,1-2H3. The zero-order valence-electron chi connectivity index (χ0n) is 10.7. The molecule has 0 aromatic heterocycles. The van der Waals surface area contributed by atoms with Gasteiger partial charge in [-0.25, -0.2) is 0 Å². The van der Waals surface area contributed by atoms with E-state index in [0.717, 1.165) is 12.8 Å². The molecule has 18 heavy (non-hydrogen) atoms. The zero-order valence-corrected chi connectivity index (χ0v) is 11.5. The second-order valence-corrected chi connectivity index (χ2v) is 4.24. The van der Waals surface area contributed by atoms with E-state index in [0.29, 0.717) is 35.3 Å². The first kappa shape index (κ1) is 15.1. The Morgan fingerprint density at radius 1 is 1.17 bits per heavy atom. The second-order valence-electron chi connectivity index (χ2n) is 3.80. The van der Waals surface area contributed by atoms with Gasteiger partial charge < -0.3 is 19.3 Å². The predicted molar refractivity (Wildman–Crippen MR) is 70.5 cm³/mol. The number of unbranched alkanes of at least 4 members (excludes halogenated alkanes) is 1. The van der Waals surface area contributed by atoms with Crippen molar-refractivity contribution in [2.75, 3.05) is 27.4 Å². The molecule has 1 aromatic carbocycles. The molecule has 0 saturated carbocycles. The SMILES string of the molecule is COCCCCOc1c(CO)cc(Cl)cc1OC. The van der Waals surface area contributed by atoms with E-state index in [1.165, 1.54) is 0 Å². The topological polar surface area (TPSA) is 47.9 Å². The van der Waals surface area contributed by atoms with E-state index in [-0.39, 0.29) is 6.61 Å². The summed E-state index contributed by atoms with van der Waals surface area (Å²) in [5, 5.41) is 9.81. The van der Waals surface area contributed by atoms with Crippen molar-refractivity contribution in [3.8, 4) is 11.5 Å². The van der Waals surface area contributed by atoms with Crippen molar-refractivity contribution in [1.29, 1.82) is 0 Å². The van der Waals surface area contributed by atoms with Crippen LogP contribution in [0.25, 0.3) is 0 Å². The quantitative estimate of drug-likeness (QED) is 0.741. The number of hydrogen-bond acceptors (Lipinski definition) is 4. The minimum absolute atomic E-state index is 0.135. The number of ether oxygens (including phenoxy) is 3. The molecule has 1 aromatic rings. The maximum absolute atomic E-state index is 9.29. The van der Waals surface area contributed by atoms with Crippen LogP contribution in [0.1, 0.15) is 18.4 Å². The predicted octanol–water partition coefficient (Wildman–Crippen LogP) is 2.65. The Kier molecular flexibility index (Phi) is 6.86. The minimum Gasteiger partial charge on any atom is -0.493 e. The van der Waals surface area contributed by atoms with E-state index in [2.05, 4.69) is 0 Å². The van der Waals surface area contributed by atoms with E-state index in [1.807, 2.05) is 0 Å². The Balaban J connectivity index is 2.67. The van der Waals surface area contributed by atoms with Gasteiger partial charge in [-0.2, -0.15) is 0 Å². The number of aliphatic hydroxyl groups excluding tert-OH is 1. The van der Waals surface area contributed by atoms with Gasteiger partial charge in [0.2, 0.25) is 0 Å². The first-order valence-corrected chi connectivity index (χ1v) is 6.19. The minimum atomic E-state index is -0.135. The normalized spacial score (nSPS) is 10.4. The molecule has 0 spiro atoms. The highest BCUT2D eigenvalue weighted by Gasteiger charge is 2.12. The molecule has 1 rings (SSSR count). The number of hydrogen-bond donors (Lipinski definition) is 1. The van der Waals surface area contributed by atoms with Crippen LogP contribution in [0.15, 0.2) is 12.1 Å². The Hall–Kier alpha value is -0.970. The van der Waals surface area contributed by atoms with Gasteiger partial charge in [-0.3, -0.25) is 0 Å². The maximum atomic E-state index is 9.29. The van der Waals surface area contributed by atoms with Crippen molar-refractivity contribution < 1.29 is 19.3 Å². The summed E-state index contributed by atoms with van der Waals surface area (Å²) < 4.78 is 15.8. The fraction of sp³-hybridized carbons (Fsp3) is 0.538. The molecule has 102 valence electrons. The van der Waals surface area contributed by atoms with E-state index in [9.17, 15) is 5.11 Å². The molecular weight excluding hydrogens is 256 g/mol. The van der Waals surface area contributed by atoms with Crippen LogP contribution >= 0.6 is 11.6 Å². The van der Waals surface area contributed by atoms with Crippen molar-refractivity contribution >= 4 is 11.6 Å². The van der Waals surface area contributed by atoms with E-state index < -0.39 is 0 Å². The van der Waals surface area contributed by atoms with Crippen LogP contribution in [-0.2, 0) is 11.3 Å². The summed E-state index contributed by atoms with van der Waals surface area (Å²) in [4.78, 5) is 0. The molecule has 5 heteroatoms. The Morgan fingerprint density at radius 3 is 2.50 bits per heavy atom. The highest BCUT2D eigenvalue weighted by atomic mass is 35.5. The van der Waals surface area contributed by atoms with Gasteiger partial charge in [-0.1, -0.05) is 11.6 Å². The first-order chi connectivity index (χ1) is 8.72. The fourth-order valence-corrected chi connectivity index (χ4v) is 1.81. The summed E-state index contributed by atoms with van der Waals surface area (Å²) in [6, 6.07) is 3.35. The van der Waals surface area contributed by atoms with Crippen LogP contribution in [-0.4, -0.2) is 32.5 Å².